The maximum Gasteiger partial charge on any atom is 0.337 e. The summed E-state index contributed by atoms with van der Waals surface area (Å²) in [5.74, 6) is -0.886. The lowest BCUT2D eigenvalue weighted by molar-refractivity contribution is 0.0600. The molecule has 0 aliphatic rings. The van der Waals surface area contributed by atoms with Crippen LogP contribution in [-0.4, -0.2) is 24.9 Å². The van der Waals surface area contributed by atoms with Crippen molar-refractivity contribution < 1.29 is 19.0 Å². The molecule has 0 saturated carbocycles. The van der Waals surface area contributed by atoms with E-state index in [0.29, 0.717) is 11.1 Å². The number of aliphatic hydroxyl groups excluding tert-OH is 1. The van der Waals surface area contributed by atoms with E-state index in [1.54, 1.807) is 31.2 Å². The lowest BCUT2D eigenvalue weighted by atomic mass is 9.98. The summed E-state index contributed by atoms with van der Waals surface area (Å²) < 4.78 is 16.9. The van der Waals surface area contributed by atoms with Gasteiger partial charge in [-0.2, -0.15) is 0 Å². The molecular formula is C12H15FO3. The summed E-state index contributed by atoms with van der Waals surface area (Å²) in [5.41, 5.74) is 1.00. The smallest absolute Gasteiger partial charge is 0.337 e. The zero-order valence-corrected chi connectivity index (χ0v) is 9.31. The number of halogens is 1. The Morgan fingerprint density at radius 1 is 1.44 bits per heavy atom. The number of alkyl halides is 1. The molecule has 0 aliphatic carbocycles. The van der Waals surface area contributed by atoms with E-state index < -0.39 is 24.7 Å². The van der Waals surface area contributed by atoms with Crippen molar-refractivity contribution >= 4 is 5.97 Å². The van der Waals surface area contributed by atoms with Crippen molar-refractivity contribution in [2.75, 3.05) is 13.8 Å². The van der Waals surface area contributed by atoms with Gasteiger partial charge >= 0.3 is 5.97 Å². The molecule has 0 fully saturated rings. The summed E-state index contributed by atoms with van der Waals surface area (Å²) >= 11 is 0. The first-order chi connectivity index (χ1) is 7.60. The Balaban J connectivity index is 2.82. The predicted octanol–water partition coefficient (Wildman–Crippen LogP) is 2.11. The topological polar surface area (TPSA) is 46.5 Å². The first kappa shape index (κ1) is 12.6. The third-order valence-corrected chi connectivity index (χ3v) is 2.46. The number of hydrogen-bond donors (Lipinski definition) is 1. The number of aliphatic hydroxyl groups is 1. The highest BCUT2D eigenvalue weighted by atomic mass is 19.1. The van der Waals surface area contributed by atoms with Crippen molar-refractivity contribution in [3.05, 3.63) is 35.4 Å². The number of carbonyl (C=O) groups excluding carboxylic acids is 1. The van der Waals surface area contributed by atoms with Crippen LogP contribution in [0.3, 0.4) is 0 Å². The third-order valence-electron chi connectivity index (χ3n) is 2.46. The van der Waals surface area contributed by atoms with Crippen molar-refractivity contribution in [3.8, 4) is 0 Å². The van der Waals surface area contributed by atoms with Gasteiger partial charge in [0, 0.05) is 5.92 Å². The van der Waals surface area contributed by atoms with Crippen molar-refractivity contribution in [2.24, 2.45) is 5.92 Å². The number of carbonyl (C=O) groups is 1. The number of rotatable bonds is 4. The van der Waals surface area contributed by atoms with E-state index >= 15 is 0 Å². The molecule has 0 heterocycles. The van der Waals surface area contributed by atoms with Crippen molar-refractivity contribution in [1.82, 2.24) is 0 Å². The summed E-state index contributed by atoms with van der Waals surface area (Å²) in [4.78, 5) is 11.1. The predicted molar refractivity (Wildman–Crippen MR) is 57.9 cm³/mol. The number of esters is 1. The van der Waals surface area contributed by atoms with Crippen LogP contribution in [0.4, 0.5) is 4.39 Å². The molecule has 4 heteroatoms. The average Bonchev–Trinajstić information content (AvgIpc) is 2.36. The summed E-state index contributed by atoms with van der Waals surface area (Å²) in [7, 11) is 1.30. The Kier molecular flexibility index (Phi) is 4.43. The van der Waals surface area contributed by atoms with Gasteiger partial charge < -0.3 is 9.84 Å². The molecule has 88 valence electrons. The molecule has 0 amide bonds. The molecule has 0 spiro atoms. The molecule has 0 bridgehead atoms. The van der Waals surface area contributed by atoms with Crippen LogP contribution in [0.2, 0.25) is 0 Å². The molecule has 1 unspecified atom stereocenters. The fourth-order valence-electron chi connectivity index (χ4n) is 1.35. The van der Waals surface area contributed by atoms with Gasteiger partial charge in [0.15, 0.2) is 0 Å². The van der Waals surface area contributed by atoms with Crippen LogP contribution < -0.4 is 0 Å². The SMILES string of the molecule is COC(=O)c1ccc(C(O)[C@H](C)CF)cc1. The molecule has 0 aliphatic heterocycles. The molecule has 16 heavy (non-hydrogen) atoms. The van der Waals surface area contributed by atoms with Crippen LogP contribution in [0, 0.1) is 5.92 Å². The second kappa shape index (κ2) is 5.61. The summed E-state index contributed by atoms with van der Waals surface area (Å²) in [6.07, 6.45) is -0.850. The zero-order chi connectivity index (χ0) is 12.1. The van der Waals surface area contributed by atoms with Crippen LogP contribution in [-0.2, 0) is 4.74 Å². The lowest BCUT2D eigenvalue weighted by Gasteiger charge is -2.16. The normalized spacial score (nSPS) is 14.2. The highest BCUT2D eigenvalue weighted by Crippen LogP contribution is 2.22. The quantitative estimate of drug-likeness (QED) is 0.800. The minimum Gasteiger partial charge on any atom is -0.465 e. The monoisotopic (exact) mass is 226 g/mol. The second-order valence-corrected chi connectivity index (χ2v) is 3.69. The van der Waals surface area contributed by atoms with Crippen LogP contribution in [0.15, 0.2) is 24.3 Å². The molecule has 1 N–H and O–H groups in total. The van der Waals surface area contributed by atoms with E-state index in [-0.39, 0.29) is 0 Å². The molecular weight excluding hydrogens is 211 g/mol. The summed E-state index contributed by atoms with van der Waals surface area (Å²) in [6, 6.07) is 6.30. The average molecular weight is 226 g/mol. The number of benzene rings is 1. The van der Waals surface area contributed by atoms with Crippen molar-refractivity contribution in [2.45, 2.75) is 13.0 Å². The molecule has 1 rings (SSSR count). The van der Waals surface area contributed by atoms with E-state index in [1.807, 2.05) is 0 Å². The maximum absolute atomic E-state index is 12.4. The van der Waals surface area contributed by atoms with Crippen molar-refractivity contribution in [3.63, 3.8) is 0 Å². The Bertz CT molecular complexity index is 348. The molecule has 0 saturated heterocycles. The first-order valence-corrected chi connectivity index (χ1v) is 5.02. The minimum absolute atomic E-state index is 0.409. The van der Waals surface area contributed by atoms with E-state index in [4.69, 9.17) is 0 Å². The number of hydrogen-bond acceptors (Lipinski definition) is 3. The van der Waals surface area contributed by atoms with Crippen LogP contribution in [0.25, 0.3) is 0 Å². The Hall–Kier alpha value is -1.42. The zero-order valence-electron chi connectivity index (χ0n) is 9.31. The van der Waals surface area contributed by atoms with Gasteiger partial charge in [-0.3, -0.25) is 4.39 Å². The van der Waals surface area contributed by atoms with Gasteiger partial charge in [-0.05, 0) is 17.7 Å². The van der Waals surface area contributed by atoms with E-state index in [0.717, 1.165) is 0 Å². The highest BCUT2D eigenvalue weighted by molar-refractivity contribution is 5.89. The number of methoxy groups -OCH3 is 1. The van der Waals surface area contributed by atoms with Crippen molar-refractivity contribution in [1.29, 1.82) is 0 Å². The van der Waals surface area contributed by atoms with Gasteiger partial charge in [0.2, 0.25) is 0 Å². The highest BCUT2D eigenvalue weighted by Gasteiger charge is 2.16. The van der Waals surface area contributed by atoms with E-state index in [9.17, 15) is 14.3 Å². The van der Waals surface area contributed by atoms with Gasteiger partial charge in [-0.15, -0.1) is 0 Å². The van der Waals surface area contributed by atoms with Crippen LogP contribution >= 0.6 is 0 Å². The lowest BCUT2D eigenvalue weighted by Crippen LogP contribution is -2.11. The minimum atomic E-state index is -0.850. The molecule has 1 aromatic carbocycles. The molecule has 0 aromatic heterocycles. The summed E-state index contributed by atoms with van der Waals surface area (Å²) in [5, 5.41) is 9.72. The third kappa shape index (κ3) is 2.79. The fourth-order valence-corrected chi connectivity index (χ4v) is 1.35. The molecule has 2 atom stereocenters. The summed E-state index contributed by atoms with van der Waals surface area (Å²) in [6.45, 7) is 1.04. The largest absolute Gasteiger partial charge is 0.465 e. The van der Waals surface area contributed by atoms with E-state index in [1.165, 1.54) is 7.11 Å². The number of ether oxygens (including phenoxy) is 1. The Morgan fingerprint density at radius 2 is 2.00 bits per heavy atom. The fraction of sp³-hybridized carbons (Fsp3) is 0.417. The van der Waals surface area contributed by atoms with Gasteiger partial charge in [0.1, 0.15) is 0 Å². The standard InChI is InChI=1S/C12H15FO3/c1-8(7-13)11(14)9-3-5-10(6-4-9)12(15)16-2/h3-6,8,11,14H,7H2,1-2H3/t8-,11?/m1/s1. The second-order valence-electron chi connectivity index (χ2n) is 3.69. The van der Waals surface area contributed by atoms with Crippen LogP contribution in [0.5, 0.6) is 0 Å². The molecule has 3 nitrogen and oxygen atoms in total. The Morgan fingerprint density at radius 3 is 2.44 bits per heavy atom. The molecule has 1 aromatic rings. The van der Waals surface area contributed by atoms with Gasteiger partial charge in [0.05, 0.1) is 25.5 Å². The van der Waals surface area contributed by atoms with Gasteiger partial charge in [-0.1, -0.05) is 19.1 Å². The Labute approximate surface area is 93.9 Å². The van der Waals surface area contributed by atoms with E-state index in [2.05, 4.69) is 4.74 Å². The van der Waals surface area contributed by atoms with Crippen LogP contribution in [0.1, 0.15) is 28.9 Å². The van der Waals surface area contributed by atoms with Gasteiger partial charge in [-0.25, -0.2) is 4.79 Å². The maximum atomic E-state index is 12.4. The molecule has 0 radical (unpaired) electrons. The van der Waals surface area contributed by atoms with Gasteiger partial charge in [0.25, 0.3) is 0 Å². The first-order valence-electron chi connectivity index (χ1n) is 5.02.